The largest absolute Gasteiger partial charge is 0.365 e. The Bertz CT molecular complexity index is 422. The highest BCUT2D eigenvalue weighted by atomic mass is 32.2. The molecule has 15 heavy (non-hydrogen) atoms. The maximum Gasteiger partial charge on any atom is 0.365 e. The van der Waals surface area contributed by atoms with E-state index in [4.69, 9.17) is 4.55 Å². The predicted octanol–water partition coefficient (Wildman–Crippen LogP) is 1.15. The van der Waals surface area contributed by atoms with Crippen LogP contribution >= 0.6 is 0 Å². The lowest BCUT2D eigenvalue weighted by Gasteiger charge is -1.98. The normalized spacial score (nSPS) is 10.4. The van der Waals surface area contributed by atoms with Crippen LogP contribution in [0.4, 0.5) is 0 Å². The van der Waals surface area contributed by atoms with Gasteiger partial charge in [-0.2, -0.15) is 8.42 Å². The fourth-order valence-corrected chi connectivity index (χ4v) is 1.33. The maximum absolute atomic E-state index is 10.7. The van der Waals surface area contributed by atoms with Gasteiger partial charge in [-0.1, -0.05) is 20.3 Å². The maximum atomic E-state index is 10.7. The van der Waals surface area contributed by atoms with Crippen LogP contribution in [0, 0.1) is 0 Å². The second kappa shape index (κ2) is 5.62. The van der Waals surface area contributed by atoms with Crippen LogP contribution in [0.5, 0.6) is 0 Å². The van der Waals surface area contributed by atoms with Crippen molar-refractivity contribution in [3.8, 4) is 0 Å². The summed E-state index contributed by atoms with van der Waals surface area (Å²) in [4.78, 5) is 14.2. The van der Waals surface area contributed by atoms with Crippen LogP contribution in [0.2, 0.25) is 0 Å². The van der Waals surface area contributed by atoms with E-state index in [1.54, 1.807) is 0 Å². The molecule has 0 aliphatic heterocycles. The molecule has 86 valence electrons. The Morgan fingerprint density at radius 2 is 2.00 bits per heavy atom. The highest BCUT2D eigenvalue weighted by molar-refractivity contribution is 7.84. The molecule has 0 radical (unpaired) electrons. The minimum absolute atomic E-state index is 0.308. The van der Waals surface area contributed by atoms with E-state index in [0.29, 0.717) is 3.97 Å². The molecular formula is C8H14N2O4S. The number of nitrogens with zero attached hydrogens (tertiary/aromatic N) is 2. The molecule has 7 heteroatoms. The van der Waals surface area contributed by atoms with Crippen molar-refractivity contribution in [3.05, 3.63) is 18.2 Å². The Balaban J connectivity index is 0.000000583. The van der Waals surface area contributed by atoms with E-state index in [9.17, 15) is 13.2 Å². The van der Waals surface area contributed by atoms with Gasteiger partial charge in [0.25, 0.3) is 0 Å². The molecule has 1 aromatic rings. The van der Waals surface area contributed by atoms with Gasteiger partial charge < -0.3 is 0 Å². The Kier molecular flexibility index (Phi) is 5.16. The monoisotopic (exact) mass is 234 g/mol. The molecule has 0 saturated heterocycles. The summed E-state index contributed by atoms with van der Waals surface area (Å²) >= 11 is 0. The first-order chi connectivity index (χ1) is 6.84. The van der Waals surface area contributed by atoms with Crippen LogP contribution in [0.1, 0.15) is 37.8 Å². The van der Waals surface area contributed by atoms with E-state index in [1.807, 2.05) is 0 Å². The molecule has 6 nitrogen and oxygen atoms in total. The second-order valence-corrected chi connectivity index (χ2v) is 4.08. The molecule has 0 saturated carbocycles. The molecule has 1 aromatic heterocycles. The third kappa shape index (κ3) is 4.22. The van der Waals surface area contributed by atoms with Gasteiger partial charge in [0, 0.05) is 19.3 Å². The first-order valence-corrected chi connectivity index (χ1v) is 5.76. The molecule has 0 bridgehead atoms. The van der Waals surface area contributed by atoms with Gasteiger partial charge in [-0.05, 0) is 0 Å². The molecule has 0 amide bonds. The molecule has 0 aliphatic carbocycles. The molecular weight excluding hydrogens is 220 g/mol. The van der Waals surface area contributed by atoms with Crippen molar-refractivity contribution < 1.29 is 17.8 Å². The summed E-state index contributed by atoms with van der Waals surface area (Å²) in [6.45, 7) is 5.41. The number of ketones is 1. The summed E-state index contributed by atoms with van der Waals surface area (Å²) in [7, 11) is -4.40. The van der Waals surface area contributed by atoms with Crippen molar-refractivity contribution in [2.75, 3.05) is 0 Å². The zero-order valence-electron chi connectivity index (χ0n) is 8.84. The summed E-state index contributed by atoms with van der Waals surface area (Å²) in [5.41, 5.74) is 0. The Morgan fingerprint density at radius 1 is 1.53 bits per heavy atom. The van der Waals surface area contributed by atoms with Gasteiger partial charge in [-0.3, -0.25) is 9.35 Å². The molecule has 0 aliphatic rings. The van der Waals surface area contributed by atoms with Crippen molar-refractivity contribution in [3.63, 3.8) is 0 Å². The first-order valence-electron chi connectivity index (χ1n) is 4.36. The van der Waals surface area contributed by atoms with Crippen LogP contribution in [-0.4, -0.2) is 27.7 Å². The number of aromatic nitrogens is 2. The Morgan fingerprint density at radius 3 is 2.27 bits per heavy atom. The number of hydrogen-bond acceptors (Lipinski definition) is 4. The topological polar surface area (TPSA) is 89.3 Å². The molecule has 0 atom stereocenters. The minimum atomic E-state index is -4.40. The number of carbonyl (C=O) groups excluding carboxylic acids is 1. The number of imidazole rings is 1. The minimum Gasteiger partial charge on any atom is -0.291 e. The van der Waals surface area contributed by atoms with Gasteiger partial charge in [-0.25, -0.2) is 8.96 Å². The number of hydrogen-bond donors (Lipinski definition) is 1. The van der Waals surface area contributed by atoms with E-state index < -0.39 is 16.1 Å². The molecule has 0 fully saturated rings. The number of Topliss-reactive ketones (excluding diaryl/α,β-unsaturated/α-hetero) is 1. The fourth-order valence-electron chi connectivity index (χ4n) is 0.724. The van der Waals surface area contributed by atoms with E-state index in [2.05, 4.69) is 18.8 Å². The lowest BCUT2D eigenvalue weighted by Crippen LogP contribution is -2.15. The average molecular weight is 234 g/mol. The number of rotatable bonds is 2. The SMILES string of the molecule is CC(=O)c1nccn1S(=O)(=O)O.CCC. The van der Waals surface area contributed by atoms with Gasteiger partial charge in [0.1, 0.15) is 0 Å². The van der Waals surface area contributed by atoms with Crippen molar-refractivity contribution >= 4 is 16.1 Å². The zero-order chi connectivity index (χ0) is 12.1. The predicted molar refractivity (Wildman–Crippen MR) is 55.1 cm³/mol. The van der Waals surface area contributed by atoms with Crippen molar-refractivity contribution in [2.24, 2.45) is 0 Å². The highest BCUT2D eigenvalue weighted by Gasteiger charge is 2.16. The van der Waals surface area contributed by atoms with Gasteiger partial charge >= 0.3 is 10.3 Å². The summed E-state index contributed by atoms with van der Waals surface area (Å²) in [5.74, 6) is -0.838. The van der Waals surface area contributed by atoms with Gasteiger partial charge in [0.15, 0.2) is 11.6 Å². The third-order valence-electron chi connectivity index (χ3n) is 1.17. The Labute approximate surface area is 88.8 Å². The fraction of sp³-hybridized carbons (Fsp3) is 0.500. The quantitative estimate of drug-likeness (QED) is 0.612. The average Bonchev–Trinajstić information content (AvgIpc) is 2.51. The van der Waals surface area contributed by atoms with Crippen molar-refractivity contribution in [1.82, 2.24) is 8.96 Å². The van der Waals surface area contributed by atoms with Gasteiger partial charge in [0.2, 0.25) is 0 Å². The molecule has 0 spiro atoms. The van der Waals surface area contributed by atoms with Crippen molar-refractivity contribution in [2.45, 2.75) is 27.2 Å². The number of carbonyl (C=O) groups is 1. The zero-order valence-corrected chi connectivity index (χ0v) is 9.65. The smallest absolute Gasteiger partial charge is 0.291 e. The van der Waals surface area contributed by atoms with Crippen molar-refractivity contribution in [1.29, 1.82) is 0 Å². The van der Waals surface area contributed by atoms with E-state index in [1.165, 1.54) is 6.42 Å². The third-order valence-corrected chi connectivity index (χ3v) is 1.96. The highest BCUT2D eigenvalue weighted by Crippen LogP contribution is 2.01. The standard InChI is InChI=1S/C5H6N2O4S.C3H8/c1-4(8)5-6-2-3-7(5)12(9,10)11;1-3-2/h2-3H,1H3,(H,9,10,11);3H2,1-2H3. The van der Waals surface area contributed by atoms with Crippen LogP contribution in [0.25, 0.3) is 0 Å². The van der Waals surface area contributed by atoms with Gasteiger partial charge in [-0.15, -0.1) is 0 Å². The summed E-state index contributed by atoms with van der Waals surface area (Å²) < 4.78 is 30.1. The molecule has 0 unspecified atom stereocenters. The molecule has 0 aromatic carbocycles. The van der Waals surface area contributed by atoms with Crippen LogP contribution in [0.15, 0.2) is 12.4 Å². The molecule has 1 N–H and O–H groups in total. The summed E-state index contributed by atoms with van der Waals surface area (Å²) in [5, 5.41) is 0. The Hall–Kier alpha value is -1.21. The van der Waals surface area contributed by atoms with Gasteiger partial charge in [0.05, 0.1) is 0 Å². The second-order valence-electron chi connectivity index (χ2n) is 2.79. The van der Waals surface area contributed by atoms with Crippen LogP contribution in [0.3, 0.4) is 0 Å². The summed E-state index contributed by atoms with van der Waals surface area (Å²) in [6.07, 6.45) is 3.36. The van der Waals surface area contributed by atoms with Crippen LogP contribution < -0.4 is 0 Å². The molecule has 1 rings (SSSR count). The van der Waals surface area contributed by atoms with E-state index >= 15 is 0 Å². The first kappa shape index (κ1) is 13.8. The summed E-state index contributed by atoms with van der Waals surface area (Å²) in [6, 6.07) is 0. The van der Waals surface area contributed by atoms with E-state index in [-0.39, 0.29) is 5.82 Å². The van der Waals surface area contributed by atoms with E-state index in [0.717, 1.165) is 19.3 Å². The lowest BCUT2D eigenvalue weighted by atomic mass is 10.4. The molecule has 1 heterocycles. The lowest BCUT2D eigenvalue weighted by molar-refractivity contribution is 0.100. The van der Waals surface area contributed by atoms with Crippen LogP contribution in [-0.2, 0) is 10.3 Å².